The third-order valence-corrected chi connectivity index (χ3v) is 4.06. The lowest BCUT2D eigenvalue weighted by Gasteiger charge is -2.29. The second-order valence-electron chi connectivity index (χ2n) is 6.49. The number of morpholine rings is 1. The molecular formula is C17H24N6O2. The molecule has 0 aromatic carbocycles. The summed E-state index contributed by atoms with van der Waals surface area (Å²) in [6.45, 7) is 7.16. The Morgan fingerprint density at radius 2 is 2.12 bits per heavy atom. The summed E-state index contributed by atoms with van der Waals surface area (Å²) in [7, 11) is 0. The Labute approximate surface area is 147 Å². The molecule has 2 aromatic rings. The fourth-order valence-electron chi connectivity index (χ4n) is 2.67. The quantitative estimate of drug-likeness (QED) is 0.861. The highest BCUT2D eigenvalue weighted by atomic mass is 16.5. The summed E-state index contributed by atoms with van der Waals surface area (Å²) in [5, 5.41) is 7.23. The fourth-order valence-corrected chi connectivity index (χ4v) is 2.67. The summed E-state index contributed by atoms with van der Waals surface area (Å²) in [6.07, 6.45) is 8.08. The smallest absolute Gasteiger partial charge is 0.224 e. The van der Waals surface area contributed by atoms with Crippen molar-refractivity contribution in [3.8, 4) is 5.82 Å². The van der Waals surface area contributed by atoms with E-state index in [1.807, 2.05) is 0 Å². The van der Waals surface area contributed by atoms with Crippen LogP contribution in [0.2, 0.25) is 0 Å². The van der Waals surface area contributed by atoms with E-state index in [9.17, 15) is 4.79 Å². The topological polar surface area (TPSA) is 85.2 Å². The molecule has 134 valence electrons. The minimum absolute atomic E-state index is 0.00402. The molecular weight excluding hydrogens is 320 g/mol. The van der Waals surface area contributed by atoms with Gasteiger partial charge in [-0.3, -0.25) is 4.79 Å². The van der Waals surface area contributed by atoms with Crippen LogP contribution in [0.25, 0.3) is 5.82 Å². The van der Waals surface area contributed by atoms with Crippen LogP contribution in [0.1, 0.15) is 26.7 Å². The third-order valence-electron chi connectivity index (χ3n) is 4.06. The molecule has 0 radical (unpaired) electrons. The van der Waals surface area contributed by atoms with Crippen LogP contribution in [0.4, 0.5) is 11.4 Å². The van der Waals surface area contributed by atoms with Gasteiger partial charge in [0, 0.05) is 19.5 Å². The molecule has 1 aliphatic rings. The van der Waals surface area contributed by atoms with E-state index in [-0.39, 0.29) is 5.91 Å². The number of hydrogen-bond donors (Lipinski definition) is 1. The highest BCUT2D eigenvalue weighted by molar-refractivity contribution is 5.90. The van der Waals surface area contributed by atoms with Gasteiger partial charge in [-0.15, -0.1) is 0 Å². The first-order valence-electron chi connectivity index (χ1n) is 8.61. The predicted molar refractivity (Wildman–Crippen MR) is 94.9 cm³/mol. The zero-order valence-electron chi connectivity index (χ0n) is 14.7. The van der Waals surface area contributed by atoms with Gasteiger partial charge >= 0.3 is 0 Å². The van der Waals surface area contributed by atoms with Gasteiger partial charge in [0.05, 0.1) is 37.5 Å². The lowest BCUT2D eigenvalue weighted by Crippen LogP contribution is -2.37. The summed E-state index contributed by atoms with van der Waals surface area (Å²) in [5.74, 6) is 1.20. The van der Waals surface area contributed by atoms with Crippen LogP contribution in [0.3, 0.4) is 0 Å². The zero-order valence-corrected chi connectivity index (χ0v) is 14.7. The van der Waals surface area contributed by atoms with Crippen LogP contribution in [0.15, 0.2) is 24.9 Å². The van der Waals surface area contributed by atoms with Gasteiger partial charge in [0.2, 0.25) is 5.91 Å². The number of ether oxygens (including phenoxy) is 1. The lowest BCUT2D eigenvalue weighted by molar-refractivity contribution is -0.116. The molecule has 1 saturated heterocycles. The van der Waals surface area contributed by atoms with E-state index in [0.717, 1.165) is 25.2 Å². The normalized spacial score (nSPS) is 14.8. The fraction of sp³-hybridized carbons (Fsp3) is 0.529. The van der Waals surface area contributed by atoms with Gasteiger partial charge in [-0.1, -0.05) is 13.8 Å². The number of rotatable bonds is 6. The number of anilines is 2. The molecule has 0 aliphatic carbocycles. The summed E-state index contributed by atoms with van der Waals surface area (Å²) >= 11 is 0. The molecule has 0 bridgehead atoms. The van der Waals surface area contributed by atoms with E-state index in [0.29, 0.717) is 37.1 Å². The van der Waals surface area contributed by atoms with Crippen LogP contribution in [-0.4, -0.2) is 52.0 Å². The number of carbonyl (C=O) groups excluding carboxylic acids is 1. The first kappa shape index (κ1) is 17.3. The second-order valence-corrected chi connectivity index (χ2v) is 6.49. The second kappa shape index (κ2) is 8.06. The van der Waals surface area contributed by atoms with Crippen LogP contribution < -0.4 is 10.2 Å². The minimum Gasteiger partial charge on any atom is -0.378 e. The van der Waals surface area contributed by atoms with Gasteiger partial charge in [-0.05, 0) is 12.3 Å². The van der Waals surface area contributed by atoms with Crippen LogP contribution in [0.5, 0.6) is 0 Å². The first-order valence-corrected chi connectivity index (χ1v) is 8.61. The van der Waals surface area contributed by atoms with E-state index in [1.165, 1.54) is 6.33 Å². The molecule has 0 atom stereocenters. The molecule has 1 amide bonds. The summed E-state index contributed by atoms with van der Waals surface area (Å²) in [5.41, 5.74) is 1.58. The number of amides is 1. The zero-order chi connectivity index (χ0) is 17.6. The van der Waals surface area contributed by atoms with E-state index in [1.54, 1.807) is 23.3 Å². The Hall–Kier alpha value is -2.48. The van der Waals surface area contributed by atoms with Gasteiger partial charge in [0.1, 0.15) is 12.0 Å². The summed E-state index contributed by atoms with van der Waals surface area (Å²) in [6, 6.07) is 0. The van der Waals surface area contributed by atoms with Crippen molar-refractivity contribution in [3.63, 3.8) is 0 Å². The molecule has 3 rings (SSSR count). The maximum atomic E-state index is 12.0. The highest BCUT2D eigenvalue weighted by Crippen LogP contribution is 2.22. The van der Waals surface area contributed by atoms with E-state index in [2.05, 4.69) is 39.1 Å². The SMILES string of the molecule is CC(C)CCC(=O)Nc1cnn(-c2ncncc2N2CCOCC2)c1. The number of aromatic nitrogens is 4. The predicted octanol–water partition coefficient (Wildman–Crippen LogP) is 1.87. The Bertz CT molecular complexity index is 709. The maximum Gasteiger partial charge on any atom is 0.224 e. The van der Waals surface area contributed by atoms with E-state index >= 15 is 0 Å². The van der Waals surface area contributed by atoms with Crippen molar-refractivity contribution in [2.24, 2.45) is 5.92 Å². The van der Waals surface area contributed by atoms with Crippen LogP contribution >= 0.6 is 0 Å². The van der Waals surface area contributed by atoms with E-state index in [4.69, 9.17) is 4.74 Å². The van der Waals surface area contributed by atoms with Crippen molar-refractivity contribution in [1.29, 1.82) is 0 Å². The van der Waals surface area contributed by atoms with Gasteiger partial charge in [0.15, 0.2) is 5.82 Å². The Morgan fingerprint density at radius 1 is 1.32 bits per heavy atom. The van der Waals surface area contributed by atoms with Gasteiger partial charge in [0.25, 0.3) is 0 Å². The number of carbonyl (C=O) groups is 1. The van der Waals surface area contributed by atoms with Crippen molar-refractivity contribution in [3.05, 3.63) is 24.9 Å². The third kappa shape index (κ3) is 4.54. The molecule has 8 nitrogen and oxygen atoms in total. The molecule has 0 spiro atoms. The molecule has 1 fully saturated rings. The van der Waals surface area contributed by atoms with Crippen molar-refractivity contribution < 1.29 is 9.53 Å². The maximum absolute atomic E-state index is 12.0. The monoisotopic (exact) mass is 344 g/mol. The molecule has 1 N–H and O–H groups in total. The van der Waals surface area contributed by atoms with Gasteiger partial charge < -0.3 is 15.0 Å². The van der Waals surface area contributed by atoms with Crippen LogP contribution in [-0.2, 0) is 9.53 Å². The highest BCUT2D eigenvalue weighted by Gasteiger charge is 2.18. The van der Waals surface area contributed by atoms with E-state index < -0.39 is 0 Å². The van der Waals surface area contributed by atoms with Crippen molar-refractivity contribution in [2.75, 3.05) is 36.5 Å². The Morgan fingerprint density at radius 3 is 2.88 bits per heavy atom. The minimum atomic E-state index is 0.00402. The van der Waals surface area contributed by atoms with Crippen molar-refractivity contribution >= 4 is 17.3 Å². The first-order chi connectivity index (χ1) is 12.1. The van der Waals surface area contributed by atoms with Crippen molar-refractivity contribution in [2.45, 2.75) is 26.7 Å². The molecule has 1 aliphatic heterocycles. The molecule has 0 saturated carbocycles. The summed E-state index contributed by atoms with van der Waals surface area (Å²) in [4.78, 5) is 22.7. The Balaban J connectivity index is 1.73. The number of hydrogen-bond acceptors (Lipinski definition) is 6. The standard InChI is InChI=1S/C17H24N6O2/c1-13(2)3-4-16(24)21-14-9-20-23(11-14)17-15(10-18-12-19-17)22-5-7-25-8-6-22/h9-13H,3-8H2,1-2H3,(H,21,24). The number of nitrogens with zero attached hydrogens (tertiary/aromatic N) is 5. The molecule has 3 heterocycles. The van der Waals surface area contributed by atoms with Crippen LogP contribution in [0, 0.1) is 5.92 Å². The molecule has 25 heavy (non-hydrogen) atoms. The largest absolute Gasteiger partial charge is 0.378 e. The average molecular weight is 344 g/mol. The number of nitrogens with one attached hydrogen (secondary N) is 1. The summed E-state index contributed by atoms with van der Waals surface area (Å²) < 4.78 is 7.07. The molecule has 2 aromatic heterocycles. The van der Waals surface area contributed by atoms with Crippen molar-refractivity contribution in [1.82, 2.24) is 19.7 Å². The molecule has 0 unspecified atom stereocenters. The average Bonchev–Trinajstić information content (AvgIpc) is 3.09. The Kier molecular flexibility index (Phi) is 5.60. The lowest BCUT2D eigenvalue weighted by atomic mass is 10.1. The van der Waals surface area contributed by atoms with Gasteiger partial charge in [-0.2, -0.15) is 5.10 Å². The van der Waals surface area contributed by atoms with Gasteiger partial charge in [-0.25, -0.2) is 14.6 Å². The molecule has 8 heteroatoms.